The lowest BCUT2D eigenvalue weighted by molar-refractivity contribution is -0.0503. The first-order valence-electron chi connectivity index (χ1n) is 6.73. The normalized spacial score (nSPS) is 35.0. The van der Waals surface area contributed by atoms with Crippen molar-refractivity contribution in [2.75, 3.05) is 39.5 Å². The van der Waals surface area contributed by atoms with Gasteiger partial charge in [0.05, 0.1) is 13.2 Å². The zero-order valence-corrected chi connectivity index (χ0v) is 10.8. The lowest BCUT2D eigenvalue weighted by Crippen LogP contribution is -2.34. The molecule has 0 saturated carbocycles. The van der Waals surface area contributed by atoms with Crippen LogP contribution in [0.5, 0.6) is 0 Å². The maximum Gasteiger partial charge on any atom is 0.115 e. The van der Waals surface area contributed by atoms with Gasteiger partial charge in [0.1, 0.15) is 24.4 Å². The molecule has 6 heteroatoms. The summed E-state index contributed by atoms with van der Waals surface area (Å²) < 4.78 is 22.9. The fourth-order valence-electron chi connectivity index (χ4n) is 2.35. The molecule has 18 heavy (non-hydrogen) atoms. The first-order chi connectivity index (χ1) is 8.86. The van der Waals surface area contributed by atoms with Gasteiger partial charge in [0.2, 0.25) is 0 Å². The van der Waals surface area contributed by atoms with E-state index in [-0.39, 0.29) is 24.4 Å². The van der Waals surface area contributed by atoms with Crippen LogP contribution >= 0.6 is 0 Å². The van der Waals surface area contributed by atoms with E-state index in [9.17, 15) is 0 Å². The Kier molecular flexibility index (Phi) is 5.81. The van der Waals surface area contributed by atoms with E-state index in [1.165, 1.54) is 0 Å². The second-order valence-electron chi connectivity index (χ2n) is 4.70. The second-order valence-corrected chi connectivity index (χ2v) is 4.70. The molecule has 6 nitrogen and oxygen atoms in total. The monoisotopic (exact) mass is 260 g/mol. The molecule has 0 spiro atoms. The minimum atomic E-state index is 0.00523. The molecule has 2 heterocycles. The summed E-state index contributed by atoms with van der Waals surface area (Å²) in [6.45, 7) is 3.78. The summed E-state index contributed by atoms with van der Waals surface area (Å²) >= 11 is 0. The minimum Gasteiger partial charge on any atom is -0.373 e. The van der Waals surface area contributed by atoms with E-state index in [0.29, 0.717) is 39.5 Å². The number of fused-ring (bicyclic) bond motifs is 1. The van der Waals surface area contributed by atoms with Crippen molar-refractivity contribution in [3.05, 3.63) is 0 Å². The van der Waals surface area contributed by atoms with Crippen LogP contribution in [0.25, 0.3) is 0 Å². The third kappa shape index (κ3) is 3.40. The quantitative estimate of drug-likeness (QED) is 0.558. The standard InChI is InChI=1S/C12H24N2O4/c13-3-1-5-15-9-7-17-12-10(8-18-11(9)12)16-6-2-4-14/h9-12H,1-8,13-14H2/t9-,10+,11?,12?. The summed E-state index contributed by atoms with van der Waals surface area (Å²) in [4.78, 5) is 0. The molecule has 0 aromatic carbocycles. The van der Waals surface area contributed by atoms with Crippen molar-refractivity contribution in [2.45, 2.75) is 37.3 Å². The number of ether oxygens (including phenoxy) is 4. The highest BCUT2D eigenvalue weighted by Gasteiger charge is 2.48. The van der Waals surface area contributed by atoms with Gasteiger partial charge in [-0.05, 0) is 25.9 Å². The van der Waals surface area contributed by atoms with Crippen LogP contribution in [-0.4, -0.2) is 63.9 Å². The lowest BCUT2D eigenvalue weighted by atomic mass is 10.1. The smallest absolute Gasteiger partial charge is 0.115 e. The summed E-state index contributed by atoms with van der Waals surface area (Å²) in [5.41, 5.74) is 10.9. The van der Waals surface area contributed by atoms with Crippen LogP contribution in [0, 0.1) is 0 Å². The molecular weight excluding hydrogens is 236 g/mol. The maximum absolute atomic E-state index is 5.73. The van der Waals surface area contributed by atoms with E-state index in [0.717, 1.165) is 12.8 Å². The average molecular weight is 260 g/mol. The van der Waals surface area contributed by atoms with Gasteiger partial charge in [0, 0.05) is 13.2 Å². The van der Waals surface area contributed by atoms with Crippen molar-refractivity contribution in [3.8, 4) is 0 Å². The summed E-state index contributed by atoms with van der Waals surface area (Å²) in [6.07, 6.45) is 1.78. The molecule has 2 aliphatic heterocycles. The zero-order valence-electron chi connectivity index (χ0n) is 10.8. The van der Waals surface area contributed by atoms with Gasteiger partial charge in [-0.3, -0.25) is 0 Å². The summed E-state index contributed by atoms with van der Waals surface area (Å²) in [6, 6.07) is 0. The van der Waals surface area contributed by atoms with Gasteiger partial charge in [-0.2, -0.15) is 0 Å². The molecular formula is C12H24N2O4. The second kappa shape index (κ2) is 7.37. The van der Waals surface area contributed by atoms with Crippen LogP contribution < -0.4 is 11.5 Å². The van der Waals surface area contributed by atoms with E-state index in [4.69, 9.17) is 30.4 Å². The molecule has 106 valence electrons. The van der Waals surface area contributed by atoms with E-state index in [1.807, 2.05) is 0 Å². The number of hydrogen-bond acceptors (Lipinski definition) is 6. The van der Waals surface area contributed by atoms with Crippen molar-refractivity contribution < 1.29 is 18.9 Å². The van der Waals surface area contributed by atoms with E-state index < -0.39 is 0 Å². The molecule has 0 bridgehead atoms. The summed E-state index contributed by atoms with van der Waals surface area (Å²) in [5, 5.41) is 0. The minimum absolute atomic E-state index is 0.00523. The Morgan fingerprint density at radius 1 is 0.833 bits per heavy atom. The molecule has 0 amide bonds. The van der Waals surface area contributed by atoms with Gasteiger partial charge in [-0.1, -0.05) is 0 Å². The first-order valence-corrected chi connectivity index (χ1v) is 6.73. The first kappa shape index (κ1) is 14.2. The van der Waals surface area contributed by atoms with Crippen molar-refractivity contribution in [1.82, 2.24) is 0 Å². The Labute approximate surface area is 108 Å². The summed E-state index contributed by atoms with van der Waals surface area (Å²) in [7, 11) is 0. The molecule has 4 atom stereocenters. The maximum atomic E-state index is 5.73. The molecule has 2 aliphatic rings. The van der Waals surface area contributed by atoms with Crippen LogP contribution in [0.4, 0.5) is 0 Å². The van der Waals surface area contributed by atoms with Gasteiger partial charge in [0.15, 0.2) is 0 Å². The largest absolute Gasteiger partial charge is 0.373 e. The van der Waals surface area contributed by atoms with Crippen LogP contribution in [0.3, 0.4) is 0 Å². The SMILES string of the molecule is NCCCO[C@H]1COC2C1OC[C@H]2OCCCN. The third-order valence-corrected chi connectivity index (χ3v) is 3.32. The highest BCUT2D eigenvalue weighted by Crippen LogP contribution is 2.30. The Hall–Kier alpha value is -0.240. The Morgan fingerprint density at radius 3 is 1.67 bits per heavy atom. The van der Waals surface area contributed by atoms with Crippen molar-refractivity contribution in [2.24, 2.45) is 11.5 Å². The topological polar surface area (TPSA) is 89.0 Å². The molecule has 0 radical (unpaired) electrons. The fraction of sp³-hybridized carbons (Fsp3) is 1.00. The number of hydrogen-bond donors (Lipinski definition) is 2. The Bertz CT molecular complexity index is 218. The van der Waals surface area contributed by atoms with Crippen LogP contribution in [0.1, 0.15) is 12.8 Å². The Morgan fingerprint density at radius 2 is 1.28 bits per heavy atom. The van der Waals surface area contributed by atoms with Gasteiger partial charge in [-0.15, -0.1) is 0 Å². The predicted octanol–water partition coefficient (Wildman–Crippen LogP) is -0.748. The zero-order chi connectivity index (χ0) is 12.8. The molecule has 2 saturated heterocycles. The van der Waals surface area contributed by atoms with E-state index in [1.54, 1.807) is 0 Å². The van der Waals surface area contributed by atoms with E-state index in [2.05, 4.69) is 0 Å². The van der Waals surface area contributed by atoms with Crippen molar-refractivity contribution in [1.29, 1.82) is 0 Å². The third-order valence-electron chi connectivity index (χ3n) is 3.32. The molecule has 4 N–H and O–H groups in total. The fourth-order valence-corrected chi connectivity index (χ4v) is 2.35. The van der Waals surface area contributed by atoms with Gasteiger partial charge < -0.3 is 30.4 Å². The Balaban J connectivity index is 1.72. The van der Waals surface area contributed by atoms with Crippen molar-refractivity contribution in [3.63, 3.8) is 0 Å². The average Bonchev–Trinajstić information content (AvgIpc) is 2.94. The van der Waals surface area contributed by atoms with Gasteiger partial charge in [0.25, 0.3) is 0 Å². The van der Waals surface area contributed by atoms with Crippen LogP contribution in [-0.2, 0) is 18.9 Å². The van der Waals surface area contributed by atoms with Crippen LogP contribution in [0.2, 0.25) is 0 Å². The van der Waals surface area contributed by atoms with Crippen molar-refractivity contribution >= 4 is 0 Å². The predicted molar refractivity (Wildman–Crippen MR) is 66.3 cm³/mol. The molecule has 0 aliphatic carbocycles. The molecule has 2 unspecified atom stereocenters. The number of rotatable bonds is 8. The molecule has 0 aromatic heterocycles. The van der Waals surface area contributed by atoms with Gasteiger partial charge in [-0.25, -0.2) is 0 Å². The van der Waals surface area contributed by atoms with E-state index >= 15 is 0 Å². The van der Waals surface area contributed by atoms with Gasteiger partial charge >= 0.3 is 0 Å². The number of nitrogens with two attached hydrogens (primary N) is 2. The highest BCUT2D eigenvalue weighted by atomic mass is 16.6. The highest BCUT2D eigenvalue weighted by molar-refractivity contribution is 4.95. The van der Waals surface area contributed by atoms with Crippen LogP contribution in [0.15, 0.2) is 0 Å². The molecule has 2 fully saturated rings. The molecule has 2 rings (SSSR count). The summed E-state index contributed by atoms with van der Waals surface area (Å²) in [5.74, 6) is 0. The lowest BCUT2D eigenvalue weighted by Gasteiger charge is -2.17. The molecule has 0 aromatic rings.